The predicted molar refractivity (Wildman–Crippen MR) is 73.7 cm³/mol. The topological polar surface area (TPSA) is 93.2 Å². The number of anilines is 2. The molecule has 0 unspecified atom stereocenters. The van der Waals surface area contributed by atoms with Gasteiger partial charge in [-0.05, 0) is 18.6 Å². The Labute approximate surface area is 116 Å². The third-order valence-corrected chi connectivity index (χ3v) is 2.35. The number of rotatable bonds is 7. The average Bonchev–Trinajstić information content (AvgIpc) is 2.46. The normalized spacial score (nSPS) is 9.20. The molecule has 104 valence electrons. The van der Waals surface area contributed by atoms with Gasteiger partial charge in [0.15, 0.2) is 0 Å². The molecule has 0 spiro atoms. The number of benzene rings is 1. The van der Waals surface area contributed by atoms with Gasteiger partial charge in [0.1, 0.15) is 23.6 Å². The summed E-state index contributed by atoms with van der Waals surface area (Å²) < 4.78 is 18.6. The van der Waals surface area contributed by atoms with Crippen LogP contribution in [0, 0.1) is 28.5 Å². The number of ether oxygens (including phenoxy) is 1. The van der Waals surface area contributed by atoms with Crippen LogP contribution in [0.1, 0.15) is 6.42 Å². The maximum absolute atomic E-state index is 13.7. The van der Waals surface area contributed by atoms with Crippen LogP contribution < -0.4 is 10.7 Å². The fraction of sp³-hybridized carbons (Fsp3) is 0.308. The number of nitrogens with one attached hydrogen (secondary N) is 2. The number of hydrogen-bond donors (Lipinski definition) is 2. The molecule has 0 aliphatic heterocycles. The molecule has 0 aliphatic rings. The summed E-state index contributed by atoms with van der Waals surface area (Å²) >= 11 is 0. The third-order valence-electron chi connectivity index (χ3n) is 2.35. The van der Waals surface area contributed by atoms with Crippen molar-refractivity contribution in [2.45, 2.75) is 6.42 Å². The Bertz CT molecular complexity index is 543. The lowest BCUT2D eigenvalue weighted by molar-refractivity contribution is 0.198. The zero-order chi connectivity index (χ0) is 14.8. The summed E-state index contributed by atoms with van der Waals surface area (Å²) in [4.78, 5) is 0. The van der Waals surface area contributed by atoms with Crippen molar-refractivity contribution in [3.05, 3.63) is 24.0 Å². The monoisotopic (exact) mass is 275 g/mol. The van der Waals surface area contributed by atoms with Crippen molar-refractivity contribution in [2.75, 3.05) is 31.0 Å². The van der Waals surface area contributed by atoms with Crippen LogP contribution >= 0.6 is 0 Å². The molecule has 1 rings (SSSR count). The average molecular weight is 275 g/mol. The van der Waals surface area contributed by atoms with Crippen LogP contribution in [0.4, 0.5) is 15.8 Å². The van der Waals surface area contributed by atoms with Gasteiger partial charge in [-0.3, -0.25) is 5.43 Å². The van der Waals surface area contributed by atoms with E-state index in [-0.39, 0.29) is 11.4 Å². The first-order valence-corrected chi connectivity index (χ1v) is 5.88. The number of methoxy groups -OCH3 is 1. The molecule has 20 heavy (non-hydrogen) atoms. The van der Waals surface area contributed by atoms with Crippen LogP contribution in [0.15, 0.2) is 23.3 Å². The second-order valence-electron chi connectivity index (χ2n) is 3.73. The second kappa shape index (κ2) is 8.46. The molecule has 0 aliphatic carbocycles. The summed E-state index contributed by atoms with van der Waals surface area (Å²) in [6.07, 6.45) is 0.761. The van der Waals surface area contributed by atoms with Crippen molar-refractivity contribution < 1.29 is 9.13 Å². The number of hydrogen-bond acceptors (Lipinski definition) is 6. The lowest BCUT2D eigenvalue weighted by atomic mass is 10.2. The number of hydrazone groups is 1. The van der Waals surface area contributed by atoms with Crippen LogP contribution in [-0.2, 0) is 4.74 Å². The fourth-order valence-corrected chi connectivity index (χ4v) is 1.41. The van der Waals surface area contributed by atoms with Crippen molar-refractivity contribution in [1.82, 2.24) is 0 Å². The Balaban J connectivity index is 2.81. The van der Waals surface area contributed by atoms with Gasteiger partial charge < -0.3 is 10.1 Å². The summed E-state index contributed by atoms with van der Waals surface area (Å²) in [6.45, 7) is 1.19. The SMILES string of the molecule is COCCCNc1cccc(F)c1NN=C(C#N)C#N. The molecular weight excluding hydrogens is 261 g/mol. The van der Waals surface area contributed by atoms with E-state index in [2.05, 4.69) is 15.8 Å². The van der Waals surface area contributed by atoms with Gasteiger partial charge in [-0.15, -0.1) is 0 Å². The summed E-state index contributed by atoms with van der Waals surface area (Å²) in [5, 5.41) is 23.7. The molecule has 0 aromatic heterocycles. The van der Waals surface area contributed by atoms with E-state index in [9.17, 15) is 4.39 Å². The van der Waals surface area contributed by atoms with Gasteiger partial charge in [0.2, 0.25) is 5.71 Å². The number of halogens is 1. The minimum Gasteiger partial charge on any atom is -0.385 e. The Morgan fingerprint density at radius 3 is 2.80 bits per heavy atom. The van der Waals surface area contributed by atoms with Crippen molar-refractivity contribution >= 4 is 17.1 Å². The molecule has 2 N–H and O–H groups in total. The molecule has 0 radical (unpaired) electrons. The molecular formula is C13H14FN5O. The van der Waals surface area contributed by atoms with Crippen molar-refractivity contribution in [3.8, 4) is 12.1 Å². The van der Waals surface area contributed by atoms with E-state index in [1.807, 2.05) is 0 Å². The maximum Gasteiger partial charge on any atom is 0.237 e. The van der Waals surface area contributed by atoms with Gasteiger partial charge in [-0.25, -0.2) is 4.39 Å². The highest BCUT2D eigenvalue weighted by Gasteiger charge is 2.07. The van der Waals surface area contributed by atoms with Crippen molar-refractivity contribution in [2.24, 2.45) is 5.10 Å². The predicted octanol–water partition coefficient (Wildman–Crippen LogP) is 2.09. The molecule has 0 atom stereocenters. The van der Waals surface area contributed by atoms with Crippen LogP contribution in [0.3, 0.4) is 0 Å². The van der Waals surface area contributed by atoms with Gasteiger partial charge in [0, 0.05) is 20.3 Å². The molecule has 0 amide bonds. The van der Waals surface area contributed by atoms with Crippen LogP contribution in [0.2, 0.25) is 0 Å². The highest BCUT2D eigenvalue weighted by Crippen LogP contribution is 2.25. The molecule has 0 fully saturated rings. The van der Waals surface area contributed by atoms with E-state index in [1.165, 1.54) is 6.07 Å². The maximum atomic E-state index is 13.7. The molecule has 6 nitrogen and oxygen atoms in total. The van der Waals surface area contributed by atoms with Gasteiger partial charge in [-0.2, -0.15) is 15.6 Å². The number of nitrogens with zero attached hydrogens (tertiary/aromatic N) is 3. The third kappa shape index (κ3) is 4.56. The number of nitriles is 2. The van der Waals surface area contributed by atoms with Crippen LogP contribution in [-0.4, -0.2) is 26.0 Å². The fourth-order valence-electron chi connectivity index (χ4n) is 1.41. The zero-order valence-corrected chi connectivity index (χ0v) is 11.0. The highest BCUT2D eigenvalue weighted by atomic mass is 19.1. The molecule has 1 aromatic rings. The first-order chi connectivity index (χ1) is 9.72. The van der Waals surface area contributed by atoms with Gasteiger partial charge >= 0.3 is 0 Å². The van der Waals surface area contributed by atoms with Crippen molar-refractivity contribution in [1.29, 1.82) is 10.5 Å². The first kappa shape index (κ1) is 15.4. The second-order valence-corrected chi connectivity index (χ2v) is 3.73. The zero-order valence-electron chi connectivity index (χ0n) is 11.0. The van der Waals surface area contributed by atoms with Crippen LogP contribution in [0.5, 0.6) is 0 Å². The first-order valence-electron chi connectivity index (χ1n) is 5.88. The van der Waals surface area contributed by atoms with E-state index in [1.54, 1.807) is 31.4 Å². The van der Waals surface area contributed by atoms with Crippen molar-refractivity contribution in [3.63, 3.8) is 0 Å². The summed E-state index contributed by atoms with van der Waals surface area (Å²) in [7, 11) is 1.61. The summed E-state index contributed by atoms with van der Waals surface area (Å²) in [6, 6.07) is 7.66. The molecule has 0 bridgehead atoms. The Kier molecular flexibility index (Phi) is 6.52. The van der Waals surface area contributed by atoms with E-state index in [0.717, 1.165) is 6.42 Å². The van der Waals surface area contributed by atoms with E-state index in [4.69, 9.17) is 15.3 Å². The standard InChI is InChI=1S/C13H14FN5O/c1-20-7-3-6-17-12-5-2-4-11(14)13(12)19-18-10(8-15)9-16/h2,4-5,17,19H,3,6-7H2,1H3. The van der Waals surface area contributed by atoms with Crippen LogP contribution in [0.25, 0.3) is 0 Å². The van der Waals surface area contributed by atoms with Gasteiger partial charge in [0.25, 0.3) is 0 Å². The lowest BCUT2D eigenvalue weighted by Gasteiger charge is -2.12. The molecule has 0 saturated heterocycles. The Hall–Kier alpha value is -2.64. The molecule has 0 saturated carbocycles. The van der Waals surface area contributed by atoms with Gasteiger partial charge in [-0.1, -0.05) is 6.07 Å². The Morgan fingerprint density at radius 2 is 2.15 bits per heavy atom. The Morgan fingerprint density at radius 1 is 1.40 bits per heavy atom. The van der Waals surface area contributed by atoms with Gasteiger partial charge in [0.05, 0.1) is 5.69 Å². The minimum atomic E-state index is -0.527. The molecule has 1 aromatic carbocycles. The van der Waals surface area contributed by atoms with E-state index < -0.39 is 5.82 Å². The minimum absolute atomic E-state index is 0.0907. The molecule has 7 heteroatoms. The van der Waals surface area contributed by atoms with E-state index >= 15 is 0 Å². The number of para-hydroxylation sites is 1. The quantitative estimate of drug-likeness (QED) is 0.451. The smallest absolute Gasteiger partial charge is 0.237 e. The van der Waals surface area contributed by atoms with E-state index in [0.29, 0.717) is 18.8 Å². The highest BCUT2D eigenvalue weighted by molar-refractivity contribution is 6.10. The summed E-state index contributed by atoms with van der Waals surface area (Å²) in [5.74, 6) is -0.527. The molecule has 0 heterocycles. The largest absolute Gasteiger partial charge is 0.385 e. The summed E-state index contributed by atoms with van der Waals surface area (Å²) in [5.41, 5.74) is 2.61. The lowest BCUT2D eigenvalue weighted by Crippen LogP contribution is -2.08.